The topological polar surface area (TPSA) is 79.8 Å². The van der Waals surface area contributed by atoms with Gasteiger partial charge in [0, 0.05) is 67.7 Å². The molecule has 0 unspecified atom stereocenters. The summed E-state index contributed by atoms with van der Waals surface area (Å²) in [7, 11) is 5.38. The number of ether oxygens (including phenoxy) is 2. The number of pyridine rings is 2. The molecule has 178 valence electrons. The lowest BCUT2D eigenvalue weighted by molar-refractivity contribution is 0.102. The number of nitrogens with zero attached hydrogens (tertiary/aromatic N) is 4. The number of amides is 1. The van der Waals surface area contributed by atoms with Crippen molar-refractivity contribution in [3.8, 4) is 11.5 Å². The van der Waals surface area contributed by atoms with E-state index in [4.69, 9.17) is 9.47 Å². The van der Waals surface area contributed by atoms with Gasteiger partial charge in [0.05, 0.1) is 19.8 Å². The standard InChI is InChI=1S/C25H29N5O3S/c1-29-11-13-30(14-12-29)23-15-19(8-10-26-23)28-24(31)21-5-4-9-27-25(21)34-17-18-6-7-20(32-2)16-22(18)33-3/h4-10,15-16H,11-14,17H2,1-3H3,(H,26,28,31). The van der Waals surface area contributed by atoms with Crippen LogP contribution in [-0.4, -0.2) is 68.2 Å². The number of hydrogen-bond donors (Lipinski definition) is 1. The molecule has 0 atom stereocenters. The van der Waals surface area contributed by atoms with Crippen LogP contribution in [0.5, 0.6) is 11.5 Å². The zero-order chi connectivity index (χ0) is 23.9. The van der Waals surface area contributed by atoms with E-state index < -0.39 is 0 Å². The first-order valence-electron chi connectivity index (χ1n) is 11.1. The molecule has 8 nitrogen and oxygen atoms in total. The molecule has 9 heteroatoms. The number of carbonyl (C=O) groups is 1. The molecule has 2 aromatic heterocycles. The molecule has 1 aliphatic rings. The van der Waals surface area contributed by atoms with Gasteiger partial charge < -0.3 is 24.6 Å². The van der Waals surface area contributed by atoms with Crippen molar-refractivity contribution in [2.75, 3.05) is 57.7 Å². The molecule has 1 amide bonds. The first-order chi connectivity index (χ1) is 16.6. The maximum absolute atomic E-state index is 13.1. The molecule has 0 aliphatic carbocycles. The molecule has 34 heavy (non-hydrogen) atoms. The molecule has 1 aromatic carbocycles. The molecular weight excluding hydrogens is 450 g/mol. The van der Waals surface area contributed by atoms with Gasteiger partial charge >= 0.3 is 0 Å². The monoisotopic (exact) mass is 479 g/mol. The van der Waals surface area contributed by atoms with Crippen molar-refractivity contribution in [1.82, 2.24) is 14.9 Å². The van der Waals surface area contributed by atoms with E-state index in [1.165, 1.54) is 11.8 Å². The van der Waals surface area contributed by atoms with E-state index in [-0.39, 0.29) is 5.91 Å². The molecule has 1 aliphatic heterocycles. The van der Waals surface area contributed by atoms with E-state index in [0.717, 1.165) is 49.1 Å². The van der Waals surface area contributed by atoms with Crippen LogP contribution in [0.25, 0.3) is 0 Å². The Labute approximate surface area is 204 Å². The lowest BCUT2D eigenvalue weighted by Crippen LogP contribution is -2.44. The lowest BCUT2D eigenvalue weighted by atomic mass is 10.2. The smallest absolute Gasteiger partial charge is 0.258 e. The van der Waals surface area contributed by atoms with Crippen LogP contribution >= 0.6 is 11.8 Å². The fraction of sp³-hybridized carbons (Fsp3) is 0.320. The van der Waals surface area contributed by atoms with Crippen molar-refractivity contribution in [2.45, 2.75) is 10.8 Å². The third-order valence-electron chi connectivity index (χ3n) is 5.71. The third kappa shape index (κ3) is 5.78. The first-order valence-corrected chi connectivity index (χ1v) is 12.1. The van der Waals surface area contributed by atoms with Crippen molar-refractivity contribution >= 4 is 29.2 Å². The lowest BCUT2D eigenvalue weighted by Gasteiger charge is -2.33. The molecule has 1 saturated heterocycles. The highest BCUT2D eigenvalue weighted by Crippen LogP contribution is 2.31. The number of thioether (sulfide) groups is 1. The van der Waals surface area contributed by atoms with Crippen LogP contribution in [0.4, 0.5) is 11.5 Å². The Bertz CT molecular complexity index is 1140. The van der Waals surface area contributed by atoms with Gasteiger partial charge in [0.15, 0.2) is 0 Å². The van der Waals surface area contributed by atoms with E-state index in [1.807, 2.05) is 30.3 Å². The predicted octanol–water partition coefficient (Wildman–Crippen LogP) is 3.79. The summed E-state index contributed by atoms with van der Waals surface area (Å²) in [5.41, 5.74) is 2.24. The van der Waals surface area contributed by atoms with E-state index in [0.29, 0.717) is 22.0 Å². The number of piperazine rings is 1. The molecule has 4 rings (SSSR count). The second kappa shape index (κ2) is 11.2. The van der Waals surface area contributed by atoms with Crippen LogP contribution in [0.3, 0.4) is 0 Å². The van der Waals surface area contributed by atoms with Gasteiger partial charge in [-0.25, -0.2) is 9.97 Å². The number of nitrogens with one attached hydrogen (secondary N) is 1. The van der Waals surface area contributed by atoms with E-state index in [1.54, 1.807) is 38.7 Å². The van der Waals surface area contributed by atoms with E-state index >= 15 is 0 Å². The van der Waals surface area contributed by atoms with Crippen molar-refractivity contribution < 1.29 is 14.3 Å². The number of aromatic nitrogens is 2. The average Bonchev–Trinajstić information content (AvgIpc) is 2.88. The normalized spacial score (nSPS) is 14.0. The minimum Gasteiger partial charge on any atom is -0.497 e. The summed E-state index contributed by atoms with van der Waals surface area (Å²) in [6.45, 7) is 3.82. The molecule has 3 aromatic rings. The molecule has 1 fully saturated rings. The van der Waals surface area contributed by atoms with Gasteiger partial charge in [-0.05, 0) is 31.3 Å². The SMILES string of the molecule is COc1ccc(CSc2ncccc2C(=O)Nc2ccnc(N3CCN(C)CC3)c2)c(OC)c1. The Hall–Kier alpha value is -3.30. The number of likely N-dealkylation sites (N-methyl/N-ethyl adjacent to an activating group) is 1. The second-order valence-electron chi connectivity index (χ2n) is 7.97. The summed E-state index contributed by atoms with van der Waals surface area (Å²) < 4.78 is 10.8. The largest absolute Gasteiger partial charge is 0.497 e. The summed E-state index contributed by atoms with van der Waals surface area (Å²) in [5.74, 6) is 2.75. The second-order valence-corrected chi connectivity index (χ2v) is 8.93. The van der Waals surface area contributed by atoms with Crippen molar-refractivity contribution in [3.05, 3.63) is 66.0 Å². The number of carbonyl (C=O) groups excluding carboxylic acids is 1. The van der Waals surface area contributed by atoms with Crippen LogP contribution in [0.2, 0.25) is 0 Å². The molecule has 0 radical (unpaired) electrons. The Morgan fingerprint density at radius 3 is 2.62 bits per heavy atom. The number of rotatable bonds is 8. The zero-order valence-electron chi connectivity index (χ0n) is 19.7. The Morgan fingerprint density at radius 2 is 1.85 bits per heavy atom. The Kier molecular flexibility index (Phi) is 7.87. The predicted molar refractivity (Wildman–Crippen MR) is 135 cm³/mol. The van der Waals surface area contributed by atoms with Crippen LogP contribution in [0.1, 0.15) is 15.9 Å². The highest BCUT2D eigenvalue weighted by Gasteiger charge is 2.18. The van der Waals surface area contributed by atoms with Crippen LogP contribution in [-0.2, 0) is 5.75 Å². The molecule has 0 saturated carbocycles. The van der Waals surface area contributed by atoms with Gasteiger partial charge in [-0.1, -0.05) is 6.07 Å². The molecule has 0 bridgehead atoms. The number of benzene rings is 1. The van der Waals surface area contributed by atoms with Gasteiger partial charge in [0.25, 0.3) is 5.91 Å². The maximum Gasteiger partial charge on any atom is 0.258 e. The fourth-order valence-electron chi connectivity index (χ4n) is 3.70. The van der Waals surface area contributed by atoms with E-state index in [9.17, 15) is 4.79 Å². The Morgan fingerprint density at radius 1 is 1.03 bits per heavy atom. The number of hydrogen-bond acceptors (Lipinski definition) is 8. The van der Waals surface area contributed by atoms with Crippen molar-refractivity contribution in [2.24, 2.45) is 0 Å². The molecule has 0 spiro atoms. The van der Waals surface area contributed by atoms with Crippen LogP contribution in [0.15, 0.2) is 59.9 Å². The van der Waals surface area contributed by atoms with Crippen molar-refractivity contribution in [1.29, 1.82) is 0 Å². The third-order valence-corrected chi connectivity index (χ3v) is 6.76. The minimum atomic E-state index is -0.201. The molecular formula is C25H29N5O3S. The first kappa shape index (κ1) is 23.8. The molecule has 1 N–H and O–H groups in total. The van der Waals surface area contributed by atoms with Gasteiger partial charge in [-0.15, -0.1) is 11.8 Å². The van der Waals surface area contributed by atoms with Gasteiger partial charge in [0.2, 0.25) is 0 Å². The minimum absolute atomic E-state index is 0.201. The summed E-state index contributed by atoms with van der Waals surface area (Å²) in [6, 6.07) is 13.0. The van der Waals surface area contributed by atoms with Gasteiger partial charge in [0.1, 0.15) is 22.3 Å². The summed E-state index contributed by atoms with van der Waals surface area (Å²) >= 11 is 1.49. The Balaban J connectivity index is 1.46. The highest BCUT2D eigenvalue weighted by atomic mass is 32.2. The number of anilines is 2. The van der Waals surface area contributed by atoms with Crippen molar-refractivity contribution in [3.63, 3.8) is 0 Å². The molecule has 3 heterocycles. The number of methoxy groups -OCH3 is 2. The van der Waals surface area contributed by atoms with E-state index in [2.05, 4.69) is 32.1 Å². The average molecular weight is 480 g/mol. The van der Waals surface area contributed by atoms with Gasteiger partial charge in [-0.2, -0.15) is 0 Å². The fourth-order valence-corrected chi connectivity index (χ4v) is 4.68. The highest BCUT2D eigenvalue weighted by molar-refractivity contribution is 7.98. The summed E-state index contributed by atoms with van der Waals surface area (Å²) in [4.78, 5) is 26.6. The zero-order valence-corrected chi connectivity index (χ0v) is 20.5. The van der Waals surface area contributed by atoms with Crippen LogP contribution < -0.4 is 19.7 Å². The summed E-state index contributed by atoms with van der Waals surface area (Å²) in [6.07, 6.45) is 3.43. The van der Waals surface area contributed by atoms with Crippen LogP contribution in [0, 0.1) is 0 Å². The van der Waals surface area contributed by atoms with Gasteiger partial charge in [-0.3, -0.25) is 4.79 Å². The quantitative estimate of drug-likeness (QED) is 0.489. The maximum atomic E-state index is 13.1. The summed E-state index contributed by atoms with van der Waals surface area (Å²) in [5, 5.41) is 3.67.